The first-order valence-corrected chi connectivity index (χ1v) is 8.41. The molecular formula is C16H16OS2. The number of carbonyl (C=O) groups is 1. The molecule has 3 heteroatoms. The van der Waals surface area contributed by atoms with Gasteiger partial charge in [-0.25, -0.2) is 0 Å². The summed E-state index contributed by atoms with van der Waals surface area (Å²) in [7, 11) is 0. The normalized spacial score (nSPS) is 23.4. The van der Waals surface area contributed by atoms with Crippen LogP contribution in [0.2, 0.25) is 0 Å². The lowest BCUT2D eigenvalue weighted by Gasteiger charge is -2.27. The van der Waals surface area contributed by atoms with Gasteiger partial charge in [-0.3, -0.25) is 4.79 Å². The van der Waals surface area contributed by atoms with E-state index in [4.69, 9.17) is 0 Å². The second-order valence-corrected chi connectivity index (χ2v) is 6.67. The Kier molecular flexibility index (Phi) is 3.67. The summed E-state index contributed by atoms with van der Waals surface area (Å²) in [4.78, 5) is 13.8. The van der Waals surface area contributed by atoms with E-state index < -0.39 is 0 Å². The van der Waals surface area contributed by atoms with Crippen molar-refractivity contribution in [3.05, 3.63) is 50.9 Å². The number of thiophene rings is 2. The first-order valence-electron chi connectivity index (χ1n) is 6.59. The third-order valence-corrected chi connectivity index (χ3v) is 5.41. The van der Waals surface area contributed by atoms with Gasteiger partial charge in [-0.2, -0.15) is 11.3 Å². The van der Waals surface area contributed by atoms with Crippen LogP contribution in [0, 0.1) is 5.92 Å². The van der Waals surface area contributed by atoms with Crippen molar-refractivity contribution in [3.63, 3.8) is 0 Å². The summed E-state index contributed by atoms with van der Waals surface area (Å²) in [5, 5.41) is 6.28. The van der Waals surface area contributed by atoms with Crippen LogP contribution in [0.15, 0.2) is 40.4 Å². The van der Waals surface area contributed by atoms with Gasteiger partial charge in [-0.1, -0.05) is 19.1 Å². The average molecular weight is 288 g/mol. The predicted molar refractivity (Wildman–Crippen MR) is 82.8 cm³/mol. The quantitative estimate of drug-likeness (QED) is 0.779. The van der Waals surface area contributed by atoms with E-state index in [-0.39, 0.29) is 5.92 Å². The number of hydrogen-bond donors (Lipinski definition) is 0. The number of ketones is 1. The number of rotatable bonds is 3. The van der Waals surface area contributed by atoms with Gasteiger partial charge in [0.05, 0.1) is 5.92 Å². The van der Waals surface area contributed by atoms with Crippen LogP contribution in [0.25, 0.3) is 5.57 Å². The maximum absolute atomic E-state index is 12.5. The van der Waals surface area contributed by atoms with Crippen LogP contribution in [0.5, 0.6) is 0 Å². The molecule has 1 nitrogen and oxygen atoms in total. The number of hydrogen-bond acceptors (Lipinski definition) is 3. The Morgan fingerprint density at radius 1 is 1.32 bits per heavy atom. The van der Waals surface area contributed by atoms with Crippen LogP contribution in [0.1, 0.15) is 36.1 Å². The zero-order valence-electron chi connectivity index (χ0n) is 10.8. The SMILES string of the molecule is CC[C@@H]1C=C(c2ccsc2)CC(=O)C1c1cccs1. The highest BCUT2D eigenvalue weighted by Crippen LogP contribution is 2.40. The molecule has 2 heterocycles. The molecule has 0 radical (unpaired) electrons. The maximum Gasteiger partial charge on any atom is 0.146 e. The van der Waals surface area contributed by atoms with E-state index in [1.54, 1.807) is 22.7 Å². The molecule has 1 aliphatic carbocycles. The second-order valence-electron chi connectivity index (χ2n) is 4.91. The number of allylic oxidation sites excluding steroid dienone is 2. The Morgan fingerprint density at radius 2 is 2.21 bits per heavy atom. The van der Waals surface area contributed by atoms with Crippen LogP contribution in [0.4, 0.5) is 0 Å². The molecule has 0 spiro atoms. The topological polar surface area (TPSA) is 17.1 Å². The molecule has 98 valence electrons. The number of carbonyl (C=O) groups excluding carboxylic acids is 1. The van der Waals surface area contributed by atoms with Crippen molar-refractivity contribution in [1.29, 1.82) is 0 Å². The molecule has 2 aromatic heterocycles. The smallest absolute Gasteiger partial charge is 0.146 e. The van der Waals surface area contributed by atoms with Crippen LogP contribution in [-0.2, 0) is 4.79 Å². The minimum absolute atomic E-state index is 0.0763. The van der Waals surface area contributed by atoms with Crippen molar-refractivity contribution < 1.29 is 4.79 Å². The lowest BCUT2D eigenvalue weighted by molar-refractivity contribution is -0.120. The fourth-order valence-corrected chi connectivity index (χ4v) is 4.39. The molecule has 0 bridgehead atoms. The van der Waals surface area contributed by atoms with E-state index in [2.05, 4.69) is 41.3 Å². The summed E-state index contributed by atoms with van der Waals surface area (Å²) in [6.07, 6.45) is 3.92. The maximum atomic E-state index is 12.5. The molecule has 0 saturated heterocycles. The standard InChI is InChI=1S/C16H16OS2/c1-2-11-8-13(12-5-7-18-10-12)9-14(17)16(11)15-4-3-6-19-15/h3-8,10-11,16H,2,9H2,1H3/t11-,16?/m1/s1. The van der Waals surface area contributed by atoms with Gasteiger partial charge in [0.1, 0.15) is 5.78 Å². The average Bonchev–Trinajstić information content (AvgIpc) is 3.10. The molecule has 2 atom stereocenters. The van der Waals surface area contributed by atoms with Crippen LogP contribution < -0.4 is 0 Å². The van der Waals surface area contributed by atoms with Gasteiger partial charge in [0.2, 0.25) is 0 Å². The summed E-state index contributed by atoms with van der Waals surface area (Å²) in [6, 6.07) is 6.25. The van der Waals surface area contributed by atoms with Gasteiger partial charge < -0.3 is 0 Å². The summed E-state index contributed by atoms with van der Waals surface area (Å²) in [6.45, 7) is 2.17. The molecule has 3 rings (SSSR count). The fraction of sp³-hybridized carbons (Fsp3) is 0.312. The largest absolute Gasteiger partial charge is 0.299 e. The molecule has 19 heavy (non-hydrogen) atoms. The van der Waals surface area contributed by atoms with Crippen molar-refractivity contribution in [2.45, 2.75) is 25.7 Å². The van der Waals surface area contributed by atoms with E-state index in [1.165, 1.54) is 16.0 Å². The van der Waals surface area contributed by atoms with Gasteiger partial charge >= 0.3 is 0 Å². The second kappa shape index (κ2) is 5.43. The highest BCUT2D eigenvalue weighted by molar-refractivity contribution is 7.10. The molecule has 2 aromatic rings. The van der Waals surface area contributed by atoms with Crippen LogP contribution in [0.3, 0.4) is 0 Å². The zero-order chi connectivity index (χ0) is 13.2. The molecule has 0 N–H and O–H groups in total. The Hall–Kier alpha value is -1.19. The molecule has 0 amide bonds. The van der Waals surface area contributed by atoms with Gasteiger partial charge in [-0.15, -0.1) is 11.3 Å². The van der Waals surface area contributed by atoms with Gasteiger partial charge in [-0.05, 0) is 51.7 Å². The monoisotopic (exact) mass is 288 g/mol. The third kappa shape index (κ3) is 2.45. The van der Waals surface area contributed by atoms with Crippen molar-refractivity contribution in [2.75, 3.05) is 0 Å². The van der Waals surface area contributed by atoms with Gasteiger partial charge in [0.15, 0.2) is 0 Å². The fourth-order valence-electron chi connectivity index (χ4n) is 2.79. The van der Waals surface area contributed by atoms with E-state index in [0.29, 0.717) is 18.1 Å². The molecule has 1 unspecified atom stereocenters. The van der Waals surface area contributed by atoms with Crippen molar-refractivity contribution >= 4 is 34.0 Å². The predicted octanol–water partition coefficient (Wildman–Crippen LogP) is 4.98. The molecular weight excluding hydrogens is 272 g/mol. The minimum Gasteiger partial charge on any atom is -0.299 e. The zero-order valence-corrected chi connectivity index (χ0v) is 12.5. The summed E-state index contributed by atoms with van der Waals surface area (Å²) in [5.41, 5.74) is 2.44. The van der Waals surface area contributed by atoms with Crippen molar-refractivity contribution in [1.82, 2.24) is 0 Å². The Morgan fingerprint density at radius 3 is 2.84 bits per heavy atom. The van der Waals surface area contributed by atoms with E-state index >= 15 is 0 Å². The Labute approximate surface area is 121 Å². The lowest BCUT2D eigenvalue weighted by Crippen LogP contribution is -2.24. The molecule has 0 aliphatic heterocycles. The van der Waals surface area contributed by atoms with E-state index in [1.807, 2.05) is 6.07 Å². The highest BCUT2D eigenvalue weighted by atomic mass is 32.1. The Bertz CT molecular complexity index is 578. The van der Waals surface area contributed by atoms with Gasteiger partial charge in [0, 0.05) is 11.3 Å². The molecule has 1 aliphatic rings. The highest BCUT2D eigenvalue weighted by Gasteiger charge is 2.32. The summed E-state index contributed by atoms with van der Waals surface area (Å²) < 4.78 is 0. The first-order chi connectivity index (χ1) is 9.29. The molecule has 0 saturated carbocycles. The lowest BCUT2D eigenvalue weighted by atomic mass is 9.76. The number of Topliss-reactive ketones (excluding diaryl/α,β-unsaturated/α-hetero) is 1. The van der Waals surface area contributed by atoms with E-state index in [0.717, 1.165) is 6.42 Å². The van der Waals surface area contributed by atoms with Crippen molar-refractivity contribution in [3.8, 4) is 0 Å². The van der Waals surface area contributed by atoms with Gasteiger partial charge in [0.25, 0.3) is 0 Å². The molecule has 0 aromatic carbocycles. The molecule has 0 fully saturated rings. The summed E-state index contributed by atoms with van der Waals surface area (Å²) >= 11 is 3.39. The summed E-state index contributed by atoms with van der Waals surface area (Å²) in [5.74, 6) is 0.792. The van der Waals surface area contributed by atoms with Crippen LogP contribution in [-0.4, -0.2) is 5.78 Å². The minimum atomic E-state index is 0.0763. The Balaban J connectivity index is 1.96. The van der Waals surface area contributed by atoms with Crippen LogP contribution >= 0.6 is 22.7 Å². The third-order valence-electron chi connectivity index (χ3n) is 3.77. The van der Waals surface area contributed by atoms with E-state index in [9.17, 15) is 4.79 Å². The first kappa shape index (κ1) is 12.8. The van der Waals surface area contributed by atoms with Crippen molar-refractivity contribution in [2.24, 2.45) is 5.92 Å².